The van der Waals surface area contributed by atoms with E-state index < -0.39 is 10.0 Å². The molecule has 0 unspecified atom stereocenters. The number of piperidine rings is 1. The summed E-state index contributed by atoms with van der Waals surface area (Å²) in [5, 5.41) is 8.72. The summed E-state index contributed by atoms with van der Waals surface area (Å²) in [7, 11) is -2.24. The van der Waals surface area contributed by atoms with Gasteiger partial charge in [0.25, 0.3) is 0 Å². The van der Waals surface area contributed by atoms with Crippen LogP contribution in [0.25, 0.3) is 12.2 Å². The van der Waals surface area contributed by atoms with E-state index in [2.05, 4.69) is 10.5 Å². The Balaban J connectivity index is 1.43. The highest BCUT2D eigenvalue weighted by atomic mass is 32.2. The molecule has 8 nitrogen and oxygen atoms in total. The van der Waals surface area contributed by atoms with E-state index in [1.807, 2.05) is 17.5 Å². The molecule has 33 heavy (non-hydrogen) atoms. The number of rotatable bonds is 7. The number of carbonyl (C=O) groups is 1. The van der Waals surface area contributed by atoms with Crippen LogP contribution in [0.15, 0.2) is 51.2 Å². The molecule has 0 radical (unpaired) electrons. The van der Waals surface area contributed by atoms with Crippen LogP contribution >= 0.6 is 11.3 Å². The molecule has 3 aromatic rings. The number of aryl methyl sites for hydroxylation is 1. The van der Waals surface area contributed by atoms with Gasteiger partial charge in [-0.25, -0.2) is 8.42 Å². The number of amides is 1. The van der Waals surface area contributed by atoms with Crippen LogP contribution in [-0.4, -0.2) is 44.0 Å². The van der Waals surface area contributed by atoms with Gasteiger partial charge in [-0.2, -0.15) is 4.31 Å². The van der Waals surface area contributed by atoms with Gasteiger partial charge in [0.1, 0.15) is 11.4 Å². The fraction of sp³-hybridized carbons (Fsp3) is 0.304. The monoisotopic (exact) mass is 487 g/mol. The fourth-order valence-electron chi connectivity index (χ4n) is 3.78. The number of carbonyl (C=O) groups excluding carboxylic acids is 1. The van der Waals surface area contributed by atoms with Gasteiger partial charge in [-0.05, 0) is 55.5 Å². The number of hydrogen-bond donors (Lipinski definition) is 1. The van der Waals surface area contributed by atoms with Gasteiger partial charge in [0.2, 0.25) is 15.9 Å². The minimum absolute atomic E-state index is 0.0783. The maximum Gasteiger partial charge on any atom is 0.248 e. The third kappa shape index (κ3) is 5.18. The van der Waals surface area contributed by atoms with Crippen LogP contribution in [0.5, 0.6) is 5.75 Å². The van der Waals surface area contributed by atoms with Crippen molar-refractivity contribution < 1.29 is 22.5 Å². The van der Waals surface area contributed by atoms with Crippen LogP contribution in [0, 0.1) is 12.8 Å². The fourth-order valence-corrected chi connectivity index (χ4v) is 6.11. The summed E-state index contributed by atoms with van der Waals surface area (Å²) in [5.41, 5.74) is 0.968. The van der Waals surface area contributed by atoms with Gasteiger partial charge >= 0.3 is 0 Å². The third-order valence-electron chi connectivity index (χ3n) is 5.54. The summed E-state index contributed by atoms with van der Waals surface area (Å²) in [6, 6.07) is 11.0. The van der Waals surface area contributed by atoms with E-state index in [-0.39, 0.29) is 35.6 Å². The number of thiophene rings is 1. The van der Waals surface area contributed by atoms with Crippen molar-refractivity contribution in [2.45, 2.75) is 24.7 Å². The minimum Gasteiger partial charge on any atom is -0.497 e. The predicted octanol–water partition coefficient (Wildman–Crippen LogP) is 4.26. The van der Waals surface area contributed by atoms with E-state index in [1.54, 1.807) is 61.8 Å². The summed E-state index contributed by atoms with van der Waals surface area (Å²) in [4.78, 5) is 13.8. The Kier molecular flexibility index (Phi) is 6.96. The molecule has 1 aromatic carbocycles. The van der Waals surface area contributed by atoms with Gasteiger partial charge in [-0.1, -0.05) is 17.3 Å². The lowest BCUT2D eigenvalue weighted by Gasteiger charge is -2.30. The van der Waals surface area contributed by atoms with Gasteiger partial charge in [0.15, 0.2) is 10.7 Å². The number of ether oxygens (including phenoxy) is 1. The number of aromatic nitrogens is 1. The Hall–Kier alpha value is -2.95. The van der Waals surface area contributed by atoms with Gasteiger partial charge in [0.05, 0.1) is 7.11 Å². The number of benzene rings is 1. The van der Waals surface area contributed by atoms with Gasteiger partial charge < -0.3 is 14.6 Å². The van der Waals surface area contributed by atoms with Crippen molar-refractivity contribution in [3.63, 3.8) is 0 Å². The van der Waals surface area contributed by atoms with Gasteiger partial charge in [-0.15, -0.1) is 11.3 Å². The van der Waals surface area contributed by atoms with Gasteiger partial charge in [-0.3, -0.25) is 4.79 Å². The molecule has 0 bridgehead atoms. The van der Waals surface area contributed by atoms with Crippen LogP contribution in [0.4, 0.5) is 5.69 Å². The summed E-state index contributed by atoms with van der Waals surface area (Å²) < 4.78 is 38.6. The molecule has 1 N–H and O–H groups in total. The van der Waals surface area contributed by atoms with E-state index in [1.165, 1.54) is 4.31 Å². The summed E-state index contributed by atoms with van der Waals surface area (Å²) in [5.74, 6) is 0.464. The molecule has 4 rings (SSSR count). The third-order valence-corrected chi connectivity index (χ3v) is 8.43. The molecule has 174 valence electrons. The van der Waals surface area contributed by atoms with Crippen molar-refractivity contribution in [1.29, 1.82) is 0 Å². The SMILES string of the molecule is COc1cccc(NC(=O)C2CCN(S(=O)(=O)c3c(C)noc3/C=C/c3cccs3)CC2)c1. The van der Waals surface area contributed by atoms with Crippen molar-refractivity contribution in [2.24, 2.45) is 5.92 Å². The molecule has 1 amide bonds. The Bertz CT molecular complexity index is 1240. The molecule has 0 atom stereocenters. The average molecular weight is 488 g/mol. The number of hydrogen-bond acceptors (Lipinski definition) is 7. The number of nitrogens with zero attached hydrogens (tertiary/aromatic N) is 2. The van der Waals surface area contributed by atoms with Crippen LogP contribution in [-0.2, 0) is 14.8 Å². The summed E-state index contributed by atoms with van der Waals surface area (Å²) in [6.07, 6.45) is 4.30. The van der Waals surface area contributed by atoms with Crippen LogP contribution < -0.4 is 10.1 Å². The first-order valence-corrected chi connectivity index (χ1v) is 12.8. The molecular formula is C23H25N3O5S2. The smallest absolute Gasteiger partial charge is 0.248 e. The maximum atomic E-state index is 13.4. The molecule has 0 aliphatic carbocycles. The first kappa shape index (κ1) is 23.2. The van der Waals surface area contributed by atoms with E-state index in [4.69, 9.17) is 9.26 Å². The average Bonchev–Trinajstić information content (AvgIpc) is 3.47. The molecule has 1 aliphatic heterocycles. The summed E-state index contributed by atoms with van der Waals surface area (Å²) >= 11 is 1.54. The maximum absolute atomic E-state index is 13.4. The largest absolute Gasteiger partial charge is 0.497 e. The van der Waals surface area contributed by atoms with Crippen molar-refractivity contribution in [3.8, 4) is 5.75 Å². The zero-order valence-corrected chi connectivity index (χ0v) is 20.0. The van der Waals surface area contributed by atoms with Crippen molar-refractivity contribution in [1.82, 2.24) is 9.46 Å². The second-order valence-electron chi connectivity index (χ2n) is 7.71. The molecule has 3 heterocycles. The van der Waals surface area contributed by atoms with Crippen molar-refractivity contribution >= 4 is 45.1 Å². The molecule has 10 heteroatoms. The highest BCUT2D eigenvalue weighted by Gasteiger charge is 2.36. The minimum atomic E-state index is -3.81. The molecule has 2 aromatic heterocycles. The van der Waals surface area contributed by atoms with Crippen LogP contribution in [0.2, 0.25) is 0 Å². The van der Waals surface area contributed by atoms with Crippen LogP contribution in [0.3, 0.4) is 0 Å². The number of sulfonamides is 1. The molecule has 1 aliphatic rings. The van der Waals surface area contributed by atoms with Crippen molar-refractivity contribution in [3.05, 3.63) is 58.1 Å². The Morgan fingerprint density at radius 3 is 2.73 bits per heavy atom. The van der Waals surface area contributed by atoms with Crippen LogP contribution in [0.1, 0.15) is 29.2 Å². The zero-order valence-electron chi connectivity index (χ0n) is 18.4. The number of anilines is 1. The lowest BCUT2D eigenvalue weighted by atomic mass is 9.97. The summed E-state index contributed by atoms with van der Waals surface area (Å²) in [6.45, 7) is 2.11. The van der Waals surface area contributed by atoms with E-state index >= 15 is 0 Å². The van der Waals surface area contributed by atoms with E-state index in [0.29, 0.717) is 30.0 Å². The second kappa shape index (κ2) is 9.90. The van der Waals surface area contributed by atoms with Crippen molar-refractivity contribution in [2.75, 3.05) is 25.5 Å². The van der Waals surface area contributed by atoms with E-state index in [0.717, 1.165) is 4.88 Å². The molecular weight excluding hydrogens is 462 g/mol. The Morgan fingerprint density at radius 1 is 1.24 bits per heavy atom. The Labute approximate surface area is 196 Å². The van der Waals surface area contributed by atoms with E-state index in [9.17, 15) is 13.2 Å². The standard InChI is InChI=1S/C23H25N3O5S2/c1-16-22(21(31-25-16)9-8-20-7-4-14-32-20)33(28,29)26-12-10-17(11-13-26)23(27)24-18-5-3-6-19(15-18)30-2/h3-9,14-15,17H,10-13H2,1-2H3,(H,24,27)/b9-8+. The molecule has 0 saturated carbocycles. The lowest BCUT2D eigenvalue weighted by molar-refractivity contribution is -0.120. The second-order valence-corrected chi connectivity index (χ2v) is 10.6. The normalized spacial score (nSPS) is 15.7. The molecule has 1 fully saturated rings. The molecule has 0 spiro atoms. The predicted molar refractivity (Wildman–Crippen MR) is 128 cm³/mol. The zero-order chi connectivity index (χ0) is 23.4. The highest BCUT2D eigenvalue weighted by Crippen LogP contribution is 2.30. The quantitative estimate of drug-likeness (QED) is 0.534. The topological polar surface area (TPSA) is 102 Å². The lowest BCUT2D eigenvalue weighted by Crippen LogP contribution is -2.41. The Morgan fingerprint density at radius 2 is 2.03 bits per heavy atom. The first-order valence-electron chi connectivity index (χ1n) is 10.5. The number of methoxy groups -OCH3 is 1. The first-order chi connectivity index (χ1) is 15.9. The van der Waals surface area contributed by atoms with Gasteiger partial charge in [0, 0.05) is 35.6 Å². The molecule has 1 saturated heterocycles. The number of nitrogens with one attached hydrogen (secondary N) is 1. The highest BCUT2D eigenvalue weighted by molar-refractivity contribution is 7.89.